The minimum Gasteiger partial charge on any atom is -0.480 e. The first-order valence-electron chi connectivity index (χ1n) is 5.93. The standard InChI is InChI=1S/C11H20N2O4/c1-2-12-6-3-9(14)13-11(10(15)16)4-7-17-8-5-11/h12H,2-8H2,1H3,(H,13,14)(H,15,16). The molecule has 1 aliphatic heterocycles. The lowest BCUT2D eigenvalue weighted by Crippen LogP contribution is -2.57. The Hall–Kier alpha value is -1.14. The molecule has 0 aromatic rings. The Bertz CT molecular complexity index is 275. The molecule has 1 rings (SSSR count). The molecule has 17 heavy (non-hydrogen) atoms. The van der Waals surface area contributed by atoms with Crippen LogP contribution < -0.4 is 10.6 Å². The van der Waals surface area contributed by atoms with Crippen molar-refractivity contribution in [1.82, 2.24) is 10.6 Å². The molecule has 0 radical (unpaired) electrons. The fraction of sp³-hybridized carbons (Fsp3) is 0.818. The summed E-state index contributed by atoms with van der Waals surface area (Å²) in [6.45, 7) is 4.06. The molecule has 1 amide bonds. The van der Waals surface area contributed by atoms with E-state index in [2.05, 4.69) is 10.6 Å². The van der Waals surface area contributed by atoms with Crippen molar-refractivity contribution >= 4 is 11.9 Å². The zero-order chi connectivity index (χ0) is 12.7. The fourth-order valence-electron chi connectivity index (χ4n) is 1.82. The maximum absolute atomic E-state index is 11.6. The van der Waals surface area contributed by atoms with Gasteiger partial charge in [-0.1, -0.05) is 6.92 Å². The summed E-state index contributed by atoms with van der Waals surface area (Å²) < 4.78 is 5.13. The Morgan fingerprint density at radius 3 is 2.53 bits per heavy atom. The highest BCUT2D eigenvalue weighted by Gasteiger charge is 2.41. The first-order valence-corrected chi connectivity index (χ1v) is 5.93. The van der Waals surface area contributed by atoms with E-state index in [9.17, 15) is 14.7 Å². The van der Waals surface area contributed by atoms with Gasteiger partial charge in [-0.05, 0) is 6.54 Å². The van der Waals surface area contributed by atoms with Gasteiger partial charge >= 0.3 is 5.97 Å². The highest BCUT2D eigenvalue weighted by Crippen LogP contribution is 2.21. The van der Waals surface area contributed by atoms with Gasteiger partial charge in [-0.25, -0.2) is 4.79 Å². The van der Waals surface area contributed by atoms with Gasteiger partial charge in [0.25, 0.3) is 0 Å². The molecule has 98 valence electrons. The maximum Gasteiger partial charge on any atom is 0.329 e. The van der Waals surface area contributed by atoms with E-state index < -0.39 is 11.5 Å². The maximum atomic E-state index is 11.6. The summed E-state index contributed by atoms with van der Waals surface area (Å²) in [7, 11) is 0. The van der Waals surface area contributed by atoms with Crippen LogP contribution in [0.5, 0.6) is 0 Å². The molecule has 6 heteroatoms. The SMILES string of the molecule is CCNCCC(=O)NC1(C(=O)O)CCOCC1. The van der Waals surface area contributed by atoms with Crippen LogP contribution in [0, 0.1) is 0 Å². The van der Waals surface area contributed by atoms with E-state index >= 15 is 0 Å². The normalized spacial score (nSPS) is 18.6. The topological polar surface area (TPSA) is 87.7 Å². The number of nitrogens with one attached hydrogen (secondary N) is 2. The number of ether oxygens (including phenoxy) is 1. The van der Waals surface area contributed by atoms with Crippen LogP contribution in [-0.4, -0.2) is 48.8 Å². The molecule has 0 aliphatic carbocycles. The van der Waals surface area contributed by atoms with E-state index in [0.717, 1.165) is 6.54 Å². The van der Waals surface area contributed by atoms with E-state index in [-0.39, 0.29) is 5.91 Å². The van der Waals surface area contributed by atoms with Gasteiger partial charge in [-0.15, -0.1) is 0 Å². The first-order chi connectivity index (χ1) is 8.10. The molecular formula is C11H20N2O4. The summed E-state index contributed by atoms with van der Waals surface area (Å²) in [4.78, 5) is 22.9. The Kier molecular flexibility index (Phi) is 5.37. The molecule has 0 atom stereocenters. The Balaban J connectivity index is 2.48. The predicted octanol–water partition coefficient (Wildman–Crippen LogP) is -0.264. The summed E-state index contributed by atoms with van der Waals surface area (Å²) in [5, 5.41) is 14.9. The van der Waals surface area contributed by atoms with Crippen molar-refractivity contribution in [3.05, 3.63) is 0 Å². The Morgan fingerprint density at radius 2 is 2.00 bits per heavy atom. The molecule has 3 N–H and O–H groups in total. The lowest BCUT2D eigenvalue weighted by Gasteiger charge is -2.33. The second kappa shape index (κ2) is 6.56. The molecule has 1 aliphatic rings. The quantitative estimate of drug-likeness (QED) is 0.560. The summed E-state index contributed by atoms with van der Waals surface area (Å²) in [6, 6.07) is 0. The molecule has 0 aromatic carbocycles. The average Bonchev–Trinajstić information content (AvgIpc) is 2.30. The predicted molar refractivity (Wildman–Crippen MR) is 61.7 cm³/mol. The molecule has 6 nitrogen and oxygen atoms in total. The van der Waals surface area contributed by atoms with Crippen molar-refractivity contribution in [2.45, 2.75) is 31.7 Å². The third-order valence-electron chi connectivity index (χ3n) is 2.91. The van der Waals surface area contributed by atoms with Crippen LogP contribution in [-0.2, 0) is 14.3 Å². The third kappa shape index (κ3) is 3.98. The number of rotatable bonds is 6. The minimum absolute atomic E-state index is 0.227. The van der Waals surface area contributed by atoms with Crippen molar-refractivity contribution in [3.63, 3.8) is 0 Å². The first kappa shape index (κ1) is 13.9. The Morgan fingerprint density at radius 1 is 1.35 bits per heavy atom. The molecule has 0 bridgehead atoms. The van der Waals surface area contributed by atoms with Gasteiger partial charge in [-0.3, -0.25) is 4.79 Å². The monoisotopic (exact) mass is 244 g/mol. The molecule has 1 saturated heterocycles. The number of hydrogen-bond donors (Lipinski definition) is 3. The van der Waals surface area contributed by atoms with Crippen molar-refractivity contribution < 1.29 is 19.4 Å². The van der Waals surface area contributed by atoms with Crippen molar-refractivity contribution in [2.75, 3.05) is 26.3 Å². The number of carboxylic acids is 1. The zero-order valence-corrected chi connectivity index (χ0v) is 10.1. The molecule has 0 saturated carbocycles. The van der Waals surface area contributed by atoms with Crippen LogP contribution in [0.1, 0.15) is 26.2 Å². The van der Waals surface area contributed by atoms with Gasteiger partial charge in [-0.2, -0.15) is 0 Å². The van der Waals surface area contributed by atoms with Gasteiger partial charge in [0.1, 0.15) is 5.54 Å². The molecular weight excluding hydrogens is 224 g/mol. The highest BCUT2D eigenvalue weighted by atomic mass is 16.5. The molecule has 0 aromatic heterocycles. The van der Waals surface area contributed by atoms with Crippen LogP contribution in [0.15, 0.2) is 0 Å². The van der Waals surface area contributed by atoms with Crippen molar-refractivity contribution in [2.24, 2.45) is 0 Å². The number of carbonyl (C=O) groups excluding carboxylic acids is 1. The molecule has 1 heterocycles. The number of amides is 1. The van der Waals surface area contributed by atoms with Crippen LogP contribution in [0.25, 0.3) is 0 Å². The van der Waals surface area contributed by atoms with E-state index in [1.807, 2.05) is 6.92 Å². The van der Waals surface area contributed by atoms with Gasteiger partial charge in [0.05, 0.1) is 0 Å². The van der Waals surface area contributed by atoms with Crippen LogP contribution in [0.4, 0.5) is 0 Å². The number of carbonyl (C=O) groups is 2. The van der Waals surface area contributed by atoms with E-state index in [1.54, 1.807) is 0 Å². The lowest BCUT2D eigenvalue weighted by atomic mass is 9.90. The van der Waals surface area contributed by atoms with Gasteiger partial charge in [0.2, 0.25) is 5.91 Å². The number of hydrogen-bond acceptors (Lipinski definition) is 4. The second-order valence-electron chi connectivity index (χ2n) is 4.15. The summed E-state index contributed by atoms with van der Waals surface area (Å²) >= 11 is 0. The molecule has 0 spiro atoms. The second-order valence-corrected chi connectivity index (χ2v) is 4.15. The third-order valence-corrected chi connectivity index (χ3v) is 2.91. The molecule has 0 unspecified atom stereocenters. The van der Waals surface area contributed by atoms with E-state index in [1.165, 1.54) is 0 Å². The summed E-state index contributed by atoms with van der Waals surface area (Å²) in [5.74, 6) is -1.20. The fourth-order valence-corrected chi connectivity index (χ4v) is 1.82. The molecule has 1 fully saturated rings. The van der Waals surface area contributed by atoms with Gasteiger partial charge in [0.15, 0.2) is 0 Å². The summed E-state index contributed by atoms with van der Waals surface area (Å²) in [5.41, 5.74) is -1.14. The number of aliphatic carboxylic acids is 1. The van der Waals surface area contributed by atoms with Crippen LogP contribution in [0.2, 0.25) is 0 Å². The smallest absolute Gasteiger partial charge is 0.329 e. The summed E-state index contributed by atoms with van der Waals surface area (Å²) in [6.07, 6.45) is 0.953. The highest BCUT2D eigenvalue weighted by molar-refractivity contribution is 5.87. The largest absolute Gasteiger partial charge is 0.480 e. The van der Waals surface area contributed by atoms with Gasteiger partial charge < -0.3 is 20.5 Å². The lowest BCUT2D eigenvalue weighted by molar-refractivity contribution is -0.152. The van der Waals surface area contributed by atoms with Crippen molar-refractivity contribution in [3.8, 4) is 0 Å². The van der Waals surface area contributed by atoms with Gasteiger partial charge in [0, 0.05) is 39.0 Å². The number of carboxylic acid groups (broad SMARTS) is 1. The van der Waals surface area contributed by atoms with E-state index in [0.29, 0.717) is 39.0 Å². The van der Waals surface area contributed by atoms with Crippen LogP contribution >= 0.6 is 0 Å². The zero-order valence-electron chi connectivity index (χ0n) is 10.1. The van der Waals surface area contributed by atoms with Crippen molar-refractivity contribution in [1.29, 1.82) is 0 Å². The minimum atomic E-state index is -1.14. The van der Waals surface area contributed by atoms with E-state index in [4.69, 9.17) is 4.74 Å². The van der Waals surface area contributed by atoms with Crippen LogP contribution in [0.3, 0.4) is 0 Å². The average molecular weight is 244 g/mol. The Labute approximate surface area is 101 Å².